The van der Waals surface area contributed by atoms with Gasteiger partial charge in [-0.25, -0.2) is 4.18 Å². The van der Waals surface area contributed by atoms with Crippen LogP contribution in [0.3, 0.4) is 0 Å². The van der Waals surface area contributed by atoms with Gasteiger partial charge in [-0.2, -0.15) is 8.42 Å². The third-order valence-corrected chi connectivity index (χ3v) is 1.70. The van der Waals surface area contributed by atoms with Crippen molar-refractivity contribution in [3.05, 3.63) is 35.9 Å². The van der Waals surface area contributed by atoms with E-state index in [0.717, 1.165) is 5.56 Å². The highest BCUT2D eigenvalue weighted by Gasteiger charge is 2.00. The van der Waals surface area contributed by atoms with E-state index in [1.54, 1.807) is 12.1 Å². The van der Waals surface area contributed by atoms with E-state index in [4.69, 9.17) is 4.55 Å². The molecule has 0 aliphatic rings. The minimum atomic E-state index is -4.38. The van der Waals surface area contributed by atoms with Crippen LogP contribution in [0.15, 0.2) is 30.3 Å². The van der Waals surface area contributed by atoms with E-state index in [1.165, 1.54) is 0 Å². The van der Waals surface area contributed by atoms with Crippen molar-refractivity contribution in [1.82, 2.24) is 0 Å². The summed E-state index contributed by atoms with van der Waals surface area (Å²) in [6.07, 6.45) is 0. The zero-order valence-corrected chi connectivity index (χ0v) is 7.99. The maximum absolute atomic E-state index is 10.1. The van der Waals surface area contributed by atoms with E-state index in [1.807, 2.05) is 18.2 Å². The third-order valence-electron chi connectivity index (χ3n) is 1.29. The second kappa shape index (κ2) is 4.77. The van der Waals surface area contributed by atoms with Crippen LogP contribution < -0.4 is 0 Å². The molecule has 0 aromatic heterocycles. The maximum Gasteiger partial charge on any atom is 0.398 e. The molecule has 4 nitrogen and oxygen atoms in total. The largest absolute Gasteiger partial charge is 0.398 e. The SMILES string of the molecule is O=S(=O)(O)OCC#Cc1ccccc1. The lowest BCUT2D eigenvalue weighted by Crippen LogP contribution is -2.03. The van der Waals surface area contributed by atoms with Gasteiger partial charge in [0.05, 0.1) is 0 Å². The highest BCUT2D eigenvalue weighted by molar-refractivity contribution is 7.80. The van der Waals surface area contributed by atoms with Crippen LogP contribution in [0.1, 0.15) is 5.56 Å². The molecule has 74 valence electrons. The van der Waals surface area contributed by atoms with Gasteiger partial charge in [0, 0.05) is 5.56 Å². The van der Waals surface area contributed by atoms with Crippen molar-refractivity contribution in [3.8, 4) is 11.8 Å². The molecule has 0 aliphatic heterocycles. The third kappa shape index (κ3) is 4.62. The Hall–Kier alpha value is -1.35. The lowest BCUT2D eigenvalue weighted by atomic mass is 10.2. The van der Waals surface area contributed by atoms with Gasteiger partial charge in [0.2, 0.25) is 0 Å². The summed E-state index contributed by atoms with van der Waals surface area (Å²) in [5.41, 5.74) is 0.756. The topological polar surface area (TPSA) is 63.6 Å². The summed E-state index contributed by atoms with van der Waals surface area (Å²) >= 11 is 0. The standard InChI is InChI=1S/C9H8O4S/c10-14(11,12)13-8-4-7-9-5-2-1-3-6-9/h1-3,5-6H,8H2,(H,10,11,12). The number of benzene rings is 1. The van der Waals surface area contributed by atoms with Crippen LogP contribution >= 0.6 is 0 Å². The molecule has 0 unspecified atom stereocenters. The average Bonchev–Trinajstić information content (AvgIpc) is 2.13. The van der Waals surface area contributed by atoms with Crippen LogP contribution in [0.2, 0.25) is 0 Å². The van der Waals surface area contributed by atoms with Crippen molar-refractivity contribution in [3.63, 3.8) is 0 Å². The summed E-state index contributed by atoms with van der Waals surface area (Å²) in [5.74, 6) is 5.11. The van der Waals surface area contributed by atoms with Crippen LogP contribution in [0.5, 0.6) is 0 Å². The minimum absolute atomic E-state index is 0.353. The maximum atomic E-state index is 10.1. The molecular formula is C9H8O4S. The summed E-state index contributed by atoms with van der Waals surface area (Å²) in [4.78, 5) is 0. The molecule has 0 bridgehead atoms. The molecular weight excluding hydrogens is 204 g/mol. The fourth-order valence-corrected chi connectivity index (χ4v) is 0.971. The predicted molar refractivity (Wildman–Crippen MR) is 50.8 cm³/mol. The minimum Gasteiger partial charge on any atom is -0.264 e. The molecule has 1 N–H and O–H groups in total. The van der Waals surface area contributed by atoms with Gasteiger partial charge in [-0.1, -0.05) is 30.0 Å². The predicted octanol–water partition coefficient (Wildman–Crippen LogP) is 0.858. The molecule has 14 heavy (non-hydrogen) atoms. The molecule has 0 amide bonds. The van der Waals surface area contributed by atoms with Crippen molar-refractivity contribution in [2.45, 2.75) is 0 Å². The van der Waals surface area contributed by atoms with Gasteiger partial charge in [0.1, 0.15) is 6.61 Å². The summed E-state index contributed by atoms with van der Waals surface area (Å²) in [6.45, 7) is -0.353. The van der Waals surface area contributed by atoms with Gasteiger partial charge in [-0.15, -0.1) is 0 Å². The summed E-state index contributed by atoms with van der Waals surface area (Å²) in [7, 11) is -4.38. The van der Waals surface area contributed by atoms with Crippen molar-refractivity contribution in [2.24, 2.45) is 0 Å². The van der Waals surface area contributed by atoms with Crippen LogP contribution in [0.4, 0.5) is 0 Å². The highest BCUT2D eigenvalue weighted by Crippen LogP contribution is 1.94. The summed E-state index contributed by atoms with van der Waals surface area (Å²) < 4.78 is 32.4. The fraction of sp³-hybridized carbons (Fsp3) is 0.111. The zero-order chi connectivity index (χ0) is 10.4. The lowest BCUT2D eigenvalue weighted by molar-refractivity contribution is 0.300. The normalized spacial score (nSPS) is 10.4. The van der Waals surface area contributed by atoms with E-state index in [-0.39, 0.29) is 6.61 Å². The lowest BCUT2D eigenvalue weighted by Gasteiger charge is -1.90. The van der Waals surface area contributed by atoms with Crippen molar-refractivity contribution < 1.29 is 17.2 Å². The van der Waals surface area contributed by atoms with Gasteiger partial charge in [-0.3, -0.25) is 4.55 Å². The average molecular weight is 212 g/mol. The van der Waals surface area contributed by atoms with Crippen LogP contribution in [-0.4, -0.2) is 19.6 Å². The molecule has 1 aromatic rings. The number of rotatable bonds is 2. The van der Waals surface area contributed by atoms with E-state index < -0.39 is 10.4 Å². The molecule has 0 radical (unpaired) electrons. The zero-order valence-electron chi connectivity index (χ0n) is 7.17. The molecule has 1 aromatic carbocycles. The highest BCUT2D eigenvalue weighted by atomic mass is 32.3. The Bertz CT molecular complexity index is 439. The molecule has 0 atom stereocenters. The van der Waals surface area contributed by atoms with Crippen molar-refractivity contribution in [2.75, 3.05) is 6.61 Å². The number of hydrogen-bond acceptors (Lipinski definition) is 3. The molecule has 0 heterocycles. The van der Waals surface area contributed by atoms with E-state index in [9.17, 15) is 8.42 Å². The first-order valence-electron chi connectivity index (χ1n) is 3.74. The van der Waals surface area contributed by atoms with Crippen LogP contribution in [0.25, 0.3) is 0 Å². The second-order valence-electron chi connectivity index (χ2n) is 2.36. The van der Waals surface area contributed by atoms with E-state index in [0.29, 0.717) is 0 Å². The van der Waals surface area contributed by atoms with Gasteiger partial charge in [-0.05, 0) is 12.1 Å². The summed E-state index contributed by atoms with van der Waals surface area (Å²) in [5, 5.41) is 0. The molecule has 5 heteroatoms. The Morgan fingerprint density at radius 2 is 1.93 bits per heavy atom. The van der Waals surface area contributed by atoms with Crippen molar-refractivity contribution >= 4 is 10.4 Å². The van der Waals surface area contributed by atoms with E-state index >= 15 is 0 Å². The first-order valence-corrected chi connectivity index (χ1v) is 5.10. The van der Waals surface area contributed by atoms with Crippen molar-refractivity contribution in [1.29, 1.82) is 0 Å². The first-order chi connectivity index (χ1) is 6.58. The smallest absolute Gasteiger partial charge is 0.264 e. The molecule has 0 saturated heterocycles. The molecule has 0 fully saturated rings. The Morgan fingerprint density at radius 1 is 1.29 bits per heavy atom. The summed E-state index contributed by atoms with van der Waals surface area (Å²) in [6, 6.07) is 9.03. The molecule has 0 aliphatic carbocycles. The Morgan fingerprint density at radius 3 is 2.50 bits per heavy atom. The monoisotopic (exact) mass is 212 g/mol. The van der Waals surface area contributed by atoms with Crippen LogP contribution in [0, 0.1) is 11.8 Å². The van der Waals surface area contributed by atoms with Gasteiger partial charge >= 0.3 is 10.4 Å². The van der Waals surface area contributed by atoms with Gasteiger partial charge in [0.25, 0.3) is 0 Å². The quantitative estimate of drug-likeness (QED) is 0.583. The van der Waals surface area contributed by atoms with Gasteiger partial charge < -0.3 is 0 Å². The molecule has 0 saturated carbocycles. The second-order valence-corrected chi connectivity index (χ2v) is 3.45. The Balaban J connectivity index is 2.50. The van der Waals surface area contributed by atoms with E-state index in [2.05, 4.69) is 16.0 Å². The van der Waals surface area contributed by atoms with Gasteiger partial charge in [0.15, 0.2) is 0 Å². The number of hydrogen-bond donors (Lipinski definition) is 1. The van der Waals surface area contributed by atoms with Crippen LogP contribution in [-0.2, 0) is 14.6 Å². The molecule has 0 spiro atoms. The Kier molecular flexibility index (Phi) is 3.65. The first kappa shape index (κ1) is 10.7. The fourth-order valence-electron chi connectivity index (χ4n) is 0.764. The Labute approximate surface area is 82.5 Å². The molecule has 1 rings (SSSR count).